The van der Waals surface area contributed by atoms with Gasteiger partial charge in [0.1, 0.15) is 0 Å². The molecule has 132 valence electrons. The number of amides is 1. The van der Waals surface area contributed by atoms with E-state index >= 15 is 0 Å². The monoisotopic (exact) mass is 357 g/mol. The van der Waals surface area contributed by atoms with Gasteiger partial charge in [0.2, 0.25) is 0 Å². The molecule has 25 heavy (non-hydrogen) atoms. The first-order chi connectivity index (χ1) is 12.0. The molecule has 1 unspecified atom stereocenters. The van der Waals surface area contributed by atoms with Gasteiger partial charge in [0.05, 0.1) is 27.7 Å². The Labute approximate surface area is 151 Å². The van der Waals surface area contributed by atoms with Crippen molar-refractivity contribution in [1.29, 1.82) is 0 Å². The Morgan fingerprint density at radius 2 is 2.16 bits per heavy atom. The molecule has 6 nitrogen and oxygen atoms in total. The number of rotatable bonds is 6. The number of hydrogen-bond acceptors (Lipinski definition) is 5. The molecule has 3 aromatic rings. The molecule has 3 aromatic heterocycles. The largest absolute Gasteiger partial charge is 0.350 e. The van der Waals surface area contributed by atoms with Crippen molar-refractivity contribution >= 4 is 28.3 Å². The van der Waals surface area contributed by atoms with Crippen LogP contribution >= 0.6 is 11.3 Å². The predicted molar refractivity (Wildman–Crippen MR) is 102 cm³/mol. The van der Waals surface area contributed by atoms with Crippen LogP contribution < -0.4 is 10.6 Å². The fourth-order valence-corrected chi connectivity index (χ4v) is 3.26. The van der Waals surface area contributed by atoms with Crippen molar-refractivity contribution in [3.8, 4) is 10.6 Å². The van der Waals surface area contributed by atoms with E-state index < -0.39 is 0 Å². The zero-order valence-corrected chi connectivity index (χ0v) is 15.7. The normalized spacial score (nSPS) is 12.7. The highest BCUT2D eigenvalue weighted by molar-refractivity contribution is 7.13. The van der Waals surface area contributed by atoms with Crippen molar-refractivity contribution in [2.45, 2.75) is 32.9 Å². The minimum atomic E-state index is -0.101. The number of aromatic nitrogens is 3. The fraction of sp³-hybridized carbons (Fsp3) is 0.389. The van der Waals surface area contributed by atoms with E-state index in [4.69, 9.17) is 4.98 Å². The number of hydrogen-bond donors (Lipinski definition) is 2. The SMILES string of the molecule is CNC(C)CNC(=O)c1cc(-c2cccs2)nc2c1cnn2C(C)C. The molecule has 3 heterocycles. The Balaban J connectivity index is 2.08. The van der Waals surface area contributed by atoms with Gasteiger partial charge in [-0.2, -0.15) is 5.10 Å². The van der Waals surface area contributed by atoms with Crippen molar-refractivity contribution in [2.75, 3.05) is 13.6 Å². The van der Waals surface area contributed by atoms with Gasteiger partial charge in [0, 0.05) is 18.6 Å². The van der Waals surface area contributed by atoms with E-state index in [9.17, 15) is 4.79 Å². The maximum atomic E-state index is 12.8. The van der Waals surface area contributed by atoms with Gasteiger partial charge in [-0.15, -0.1) is 11.3 Å². The zero-order chi connectivity index (χ0) is 18.0. The molecule has 0 aliphatic rings. The number of carbonyl (C=O) groups excluding carboxylic acids is 1. The van der Waals surface area contributed by atoms with E-state index in [-0.39, 0.29) is 18.0 Å². The minimum Gasteiger partial charge on any atom is -0.350 e. The third-order valence-electron chi connectivity index (χ3n) is 4.14. The van der Waals surface area contributed by atoms with Crippen molar-refractivity contribution in [1.82, 2.24) is 25.4 Å². The molecule has 1 amide bonds. The molecule has 7 heteroatoms. The van der Waals surface area contributed by atoms with E-state index in [1.165, 1.54) is 0 Å². The average molecular weight is 357 g/mol. The molecular weight excluding hydrogens is 334 g/mol. The van der Waals surface area contributed by atoms with Crippen molar-refractivity contribution in [2.24, 2.45) is 0 Å². The van der Waals surface area contributed by atoms with Crippen LogP contribution in [0.25, 0.3) is 21.6 Å². The van der Waals surface area contributed by atoms with Crippen molar-refractivity contribution in [3.63, 3.8) is 0 Å². The summed E-state index contributed by atoms with van der Waals surface area (Å²) in [6, 6.07) is 6.24. The first-order valence-corrected chi connectivity index (χ1v) is 9.26. The summed E-state index contributed by atoms with van der Waals surface area (Å²) in [5.74, 6) is -0.101. The minimum absolute atomic E-state index is 0.101. The number of nitrogens with zero attached hydrogens (tertiary/aromatic N) is 3. The number of fused-ring (bicyclic) bond motifs is 1. The van der Waals surface area contributed by atoms with Crippen LogP contribution in [0.4, 0.5) is 0 Å². The molecule has 0 saturated heterocycles. The summed E-state index contributed by atoms with van der Waals surface area (Å²) in [6.07, 6.45) is 1.73. The molecular formula is C18H23N5OS. The van der Waals surface area contributed by atoms with Gasteiger partial charge in [0.15, 0.2) is 5.65 Å². The summed E-state index contributed by atoms with van der Waals surface area (Å²) in [5, 5.41) is 13.3. The van der Waals surface area contributed by atoms with E-state index in [0.29, 0.717) is 12.1 Å². The second-order valence-corrected chi connectivity index (χ2v) is 7.30. The molecule has 0 aliphatic carbocycles. The zero-order valence-electron chi connectivity index (χ0n) is 14.9. The summed E-state index contributed by atoms with van der Waals surface area (Å²) in [5.41, 5.74) is 2.16. The van der Waals surface area contributed by atoms with Crippen LogP contribution in [-0.4, -0.2) is 40.3 Å². The number of pyridine rings is 1. The van der Waals surface area contributed by atoms with Crippen LogP contribution in [0.3, 0.4) is 0 Å². The van der Waals surface area contributed by atoms with Crippen LogP contribution in [0, 0.1) is 0 Å². The van der Waals surface area contributed by atoms with Crippen LogP contribution in [0.1, 0.15) is 37.2 Å². The van der Waals surface area contributed by atoms with Crippen LogP contribution in [-0.2, 0) is 0 Å². The van der Waals surface area contributed by atoms with E-state index in [1.807, 2.05) is 42.2 Å². The molecule has 0 aliphatic heterocycles. The molecule has 2 N–H and O–H groups in total. The standard InChI is InChI=1S/C18H23N5OS/c1-11(2)23-17-14(10-21-23)13(18(24)20-9-12(3)19-4)8-15(22-17)16-6-5-7-25-16/h5-8,10-12,19H,9H2,1-4H3,(H,20,24). The Kier molecular flexibility index (Phi) is 5.15. The van der Waals surface area contributed by atoms with Gasteiger partial charge in [-0.3, -0.25) is 4.79 Å². The Morgan fingerprint density at radius 3 is 2.80 bits per heavy atom. The lowest BCUT2D eigenvalue weighted by atomic mass is 10.1. The highest BCUT2D eigenvalue weighted by Crippen LogP contribution is 2.28. The topological polar surface area (TPSA) is 71.8 Å². The van der Waals surface area contributed by atoms with Crippen LogP contribution in [0.2, 0.25) is 0 Å². The molecule has 0 aromatic carbocycles. The number of thiophene rings is 1. The van der Waals surface area contributed by atoms with Gasteiger partial charge in [-0.1, -0.05) is 6.07 Å². The Hall–Kier alpha value is -2.25. The third kappa shape index (κ3) is 3.57. The summed E-state index contributed by atoms with van der Waals surface area (Å²) < 4.78 is 1.86. The van der Waals surface area contributed by atoms with Gasteiger partial charge in [-0.05, 0) is 45.3 Å². The second-order valence-electron chi connectivity index (χ2n) is 6.35. The molecule has 0 fully saturated rings. The second kappa shape index (κ2) is 7.33. The highest BCUT2D eigenvalue weighted by atomic mass is 32.1. The van der Waals surface area contributed by atoms with E-state index in [0.717, 1.165) is 21.6 Å². The molecule has 0 saturated carbocycles. The summed E-state index contributed by atoms with van der Waals surface area (Å²) in [7, 11) is 1.88. The Morgan fingerprint density at radius 1 is 1.36 bits per heavy atom. The lowest BCUT2D eigenvalue weighted by Gasteiger charge is -2.13. The van der Waals surface area contributed by atoms with Gasteiger partial charge < -0.3 is 10.6 Å². The molecule has 3 rings (SSSR count). The first kappa shape index (κ1) is 17.6. The lowest BCUT2D eigenvalue weighted by Crippen LogP contribution is -2.37. The lowest BCUT2D eigenvalue weighted by molar-refractivity contribution is 0.0952. The maximum absolute atomic E-state index is 12.8. The Bertz CT molecular complexity index is 869. The quantitative estimate of drug-likeness (QED) is 0.711. The van der Waals surface area contributed by atoms with Crippen molar-refractivity contribution < 1.29 is 4.79 Å². The number of carbonyl (C=O) groups is 1. The third-order valence-corrected chi connectivity index (χ3v) is 5.03. The van der Waals surface area contributed by atoms with E-state index in [2.05, 4.69) is 29.6 Å². The highest BCUT2D eigenvalue weighted by Gasteiger charge is 2.19. The maximum Gasteiger partial charge on any atom is 0.252 e. The smallest absolute Gasteiger partial charge is 0.252 e. The number of likely N-dealkylation sites (N-methyl/N-ethyl adjacent to an activating group) is 1. The van der Waals surface area contributed by atoms with Gasteiger partial charge in [-0.25, -0.2) is 9.67 Å². The first-order valence-electron chi connectivity index (χ1n) is 8.39. The van der Waals surface area contributed by atoms with Gasteiger partial charge in [0.25, 0.3) is 5.91 Å². The summed E-state index contributed by atoms with van der Waals surface area (Å²) in [4.78, 5) is 18.6. The van der Waals surface area contributed by atoms with Crippen LogP contribution in [0.15, 0.2) is 29.8 Å². The fourth-order valence-electron chi connectivity index (χ4n) is 2.58. The van der Waals surface area contributed by atoms with Crippen molar-refractivity contribution in [3.05, 3.63) is 35.3 Å². The predicted octanol–water partition coefficient (Wildman–Crippen LogP) is 3.08. The number of nitrogens with one attached hydrogen (secondary N) is 2. The molecule has 0 bridgehead atoms. The average Bonchev–Trinajstić information content (AvgIpc) is 3.27. The molecule has 0 radical (unpaired) electrons. The summed E-state index contributed by atoms with van der Waals surface area (Å²) >= 11 is 1.61. The van der Waals surface area contributed by atoms with Gasteiger partial charge >= 0.3 is 0 Å². The van der Waals surface area contributed by atoms with E-state index in [1.54, 1.807) is 17.5 Å². The van der Waals surface area contributed by atoms with Crippen LogP contribution in [0.5, 0.6) is 0 Å². The molecule has 0 spiro atoms. The summed E-state index contributed by atoms with van der Waals surface area (Å²) in [6.45, 7) is 6.70. The molecule has 1 atom stereocenters.